The molecule has 2 heterocycles. The average molecular weight is 391 g/mol. The first-order chi connectivity index (χ1) is 12.6. The van der Waals surface area contributed by atoms with Crippen LogP contribution in [0.1, 0.15) is 50.7 Å². The normalized spacial score (nSPS) is 22.8. The first kappa shape index (κ1) is 19.4. The maximum absolute atomic E-state index is 13.1. The number of nitrogens with one attached hydrogen (secondary N) is 3. The summed E-state index contributed by atoms with van der Waals surface area (Å²) in [6.45, 7) is 8.12. The third kappa shape index (κ3) is 3.99. The van der Waals surface area contributed by atoms with Gasteiger partial charge in [-0.25, -0.2) is 9.38 Å². The summed E-state index contributed by atoms with van der Waals surface area (Å²) in [5.74, 6) is 0.183. The summed E-state index contributed by atoms with van der Waals surface area (Å²) < 4.78 is 13.1. The van der Waals surface area contributed by atoms with E-state index < -0.39 is 5.66 Å². The molecule has 27 heavy (non-hydrogen) atoms. The van der Waals surface area contributed by atoms with Gasteiger partial charge in [0.1, 0.15) is 5.82 Å². The van der Waals surface area contributed by atoms with Gasteiger partial charge >= 0.3 is 0 Å². The minimum atomic E-state index is -1.18. The second kappa shape index (κ2) is 6.98. The molecule has 0 saturated heterocycles. The molecule has 0 amide bonds. The average Bonchev–Trinajstić information content (AvgIpc) is 3.10. The number of H-pyrrole nitrogens is 1. The minimum Gasteiger partial charge on any atom is -0.332 e. The zero-order valence-electron chi connectivity index (χ0n) is 15.8. The van der Waals surface area contributed by atoms with Crippen LogP contribution in [-0.2, 0) is 11.1 Å². The fourth-order valence-electron chi connectivity index (χ4n) is 2.71. The summed E-state index contributed by atoms with van der Waals surface area (Å²) in [4.78, 5) is 4.60. The minimum absolute atomic E-state index is 0.123. The smallest absolute Gasteiger partial charge is 0.198 e. The lowest BCUT2D eigenvalue weighted by Gasteiger charge is -2.34. The third-order valence-electron chi connectivity index (χ3n) is 4.47. The number of aromatic nitrogens is 2. The van der Waals surface area contributed by atoms with Gasteiger partial charge in [0.05, 0.1) is 22.5 Å². The van der Waals surface area contributed by atoms with Gasteiger partial charge in [-0.3, -0.25) is 10.8 Å². The summed E-state index contributed by atoms with van der Waals surface area (Å²) in [5, 5.41) is 13.9. The van der Waals surface area contributed by atoms with Gasteiger partial charge in [0, 0.05) is 11.6 Å². The number of nitrogens with zero attached hydrogens (tertiary/aromatic N) is 2. The van der Waals surface area contributed by atoms with Gasteiger partial charge in [0.2, 0.25) is 0 Å². The van der Waals surface area contributed by atoms with Crippen LogP contribution in [0.3, 0.4) is 0 Å². The monoisotopic (exact) mass is 390 g/mol. The standard InChI is InChI=1S/C19H24ClFN6/c1-11(12-5-7-13(21)8-6-12)24-17-23-10-14(20)19(22,25-17)16-9-15(26-27-16)18(2,3)4/h5-11H,22H2,1-4H3,(H,26,27)(H2,23,24,25)/t11-,19?/m0/s1. The van der Waals surface area contributed by atoms with Crippen molar-refractivity contribution in [3.05, 3.63) is 64.3 Å². The van der Waals surface area contributed by atoms with Crippen molar-refractivity contribution < 1.29 is 4.39 Å². The first-order valence-electron chi connectivity index (χ1n) is 8.69. The fraction of sp³-hybridized carbons (Fsp3) is 0.368. The van der Waals surface area contributed by atoms with Gasteiger partial charge in [-0.15, -0.1) is 0 Å². The number of aliphatic imine (C=N–C) groups is 1. The Morgan fingerprint density at radius 3 is 2.52 bits per heavy atom. The van der Waals surface area contributed by atoms with E-state index in [9.17, 15) is 4.39 Å². The van der Waals surface area contributed by atoms with Crippen LogP contribution in [0.25, 0.3) is 0 Å². The molecule has 1 aromatic carbocycles. The maximum Gasteiger partial charge on any atom is 0.198 e. The van der Waals surface area contributed by atoms with E-state index in [1.807, 2.05) is 13.0 Å². The molecule has 8 heteroatoms. The van der Waals surface area contributed by atoms with Crippen molar-refractivity contribution in [2.45, 2.75) is 44.8 Å². The second-order valence-electron chi connectivity index (χ2n) is 7.69. The van der Waals surface area contributed by atoms with Crippen LogP contribution >= 0.6 is 11.6 Å². The number of guanidine groups is 1. The largest absolute Gasteiger partial charge is 0.332 e. The Morgan fingerprint density at radius 2 is 1.93 bits per heavy atom. The molecule has 0 radical (unpaired) electrons. The van der Waals surface area contributed by atoms with Crippen LogP contribution in [0, 0.1) is 5.82 Å². The van der Waals surface area contributed by atoms with Gasteiger partial charge in [0.25, 0.3) is 0 Å². The fourth-order valence-corrected chi connectivity index (χ4v) is 2.91. The Balaban J connectivity index is 1.87. The van der Waals surface area contributed by atoms with E-state index in [1.165, 1.54) is 12.1 Å². The molecule has 0 saturated carbocycles. The summed E-state index contributed by atoms with van der Waals surface area (Å²) in [5.41, 5.74) is 7.65. The number of nitrogens with two attached hydrogens (primary N) is 1. The lowest BCUT2D eigenvalue weighted by atomic mass is 9.91. The molecule has 0 spiro atoms. The molecule has 2 atom stereocenters. The Bertz CT molecular complexity index is 880. The summed E-state index contributed by atoms with van der Waals surface area (Å²) in [6.07, 6.45) is 1.60. The van der Waals surface area contributed by atoms with Crippen molar-refractivity contribution in [2.24, 2.45) is 10.7 Å². The molecular formula is C19H24ClFN6. The molecule has 1 aliphatic rings. The van der Waals surface area contributed by atoms with Crippen molar-refractivity contribution in [2.75, 3.05) is 0 Å². The van der Waals surface area contributed by atoms with E-state index in [0.29, 0.717) is 16.7 Å². The Kier molecular flexibility index (Phi) is 5.01. The number of benzene rings is 1. The molecule has 2 aromatic rings. The highest BCUT2D eigenvalue weighted by atomic mass is 35.5. The molecule has 3 rings (SSSR count). The Morgan fingerprint density at radius 1 is 1.26 bits per heavy atom. The van der Waals surface area contributed by atoms with E-state index in [0.717, 1.165) is 11.3 Å². The Hall–Kier alpha value is -2.38. The highest BCUT2D eigenvalue weighted by Gasteiger charge is 2.38. The van der Waals surface area contributed by atoms with E-state index in [2.05, 4.69) is 46.6 Å². The van der Waals surface area contributed by atoms with Crippen molar-refractivity contribution in [3.8, 4) is 0 Å². The predicted molar refractivity (Wildman–Crippen MR) is 106 cm³/mol. The molecule has 5 N–H and O–H groups in total. The molecule has 1 unspecified atom stereocenters. The van der Waals surface area contributed by atoms with E-state index in [-0.39, 0.29) is 17.3 Å². The van der Waals surface area contributed by atoms with Crippen molar-refractivity contribution >= 4 is 17.6 Å². The SMILES string of the molecule is C[C@H](N=C1NC=C(Cl)C(N)(c2cc(C(C)(C)C)n[nH]2)N1)c1ccc(F)cc1. The topological polar surface area (TPSA) is 91.1 Å². The lowest BCUT2D eigenvalue weighted by Crippen LogP contribution is -2.59. The van der Waals surface area contributed by atoms with Gasteiger partial charge in [0.15, 0.2) is 11.6 Å². The van der Waals surface area contributed by atoms with Gasteiger partial charge < -0.3 is 10.6 Å². The molecule has 1 aliphatic heterocycles. The number of rotatable bonds is 3. The zero-order valence-corrected chi connectivity index (χ0v) is 16.5. The van der Waals surface area contributed by atoms with Crippen LogP contribution in [0.2, 0.25) is 0 Å². The summed E-state index contributed by atoms with van der Waals surface area (Å²) >= 11 is 6.38. The van der Waals surface area contributed by atoms with Gasteiger partial charge in [-0.1, -0.05) is 44.5 Å². The van der Waals surface area contributed by atoms with Crippen LogP contribution in [-0.4, -0.2) is 16.2 Å². The molecule has 0 aliphatic carbocycles. The molecule has 0 bridgehead atoms. The maximum atomic E-state index is 13.1. The highest BCUT2D eigenvalue weighted by Crippen LogP contribution is 2.30. The second-order valence-corrected chi connectivity index (χ2v) is 8.10. The van der Waals surface area contributed by atoms with E-state index >= 15 is 0 Å². The summed E-state index contributed by atoms with van der Waals surface area (Å²) in [6, 6.07) is 7.93. The first-order valence-corrected chi connectivity index (χ1v) is 9.07. The van der Waals surface area contributed by atoms with E-state index in [4.69, 9.17) is 17.3 Å². The third-order valence-corrected chi connectivity index (χ3v) is 4.88. The lowest BCUT2D eigenvalue weighted by molar-refractivity contribution is 0.471. The van der Waals surface area contributed by atoms with Crippen LogP contribution < -0.4 is 16.4 Å². The number of hydrogen-bond donors (Lipinski definition) is 4. The van der Waals surface area contributed by atoms with Crippen molar-refractivity contribution in [3.63, 3.8) is 0 Å². The Labute approximate surface area is 163 Å². The summed E-state index contributed by atoms with van der Waals surface area (Å²) in [7, 11) is 0. The number of hydrogen-bond acceptors (Lipinski definition) is 3. The molecular weight excluding hydrogens is 367 g/mol. The zero-order chi connectivity index (χ0) is 19.8. The predicted octanol–water partition coefficient (Wildman–Crippen LogP) is 3.35. The molecule has 6 nitrogen and oxygen atoms in total. The van der Waals surface area contributed by atoms with Crippen LogP contribution in [0.5, 0.6) is 0 Å². The highest BCUT2D eigenvalue weighted by molar-refractivity contribution is 6.31. The van der Waals surface area contributed by atoms with Crippen LogP contribution in [0.4, 0.5) is 4.39 Å². The van der Waals surface area contributed by atoms with Crippen molar-refractivity contribution in [1.82, 2.24) is 20.8 Å². The van der Waals surface area contributed by atoms with Crippen molar-refractivity contribution in [1.29, 1.82) is 0 Å². The van der Waals surface area contributed by atoms with Gasteiger partial charge in [-0.05, 0) is 30.7 Å². The van der Waals surface area contributed by atoms with Crippen LogP contribution in [0.15, 0.2) is 46.6 Å². The molecule has 0 fully saturated rings. The number of halogens is 2. The van der Waals surface area contributed by atoms with Gasteiger partial charge in [-0.2, -0.15) is 5.10 Å². The van der Waals surface area contributed by atoms with E-state index in [1.54, 1.807) is 18.3 Å². The molecule has 144 valence electrons. The molecule has 1 aromatic heterocycles. The number of aromatic amines is 1. The quantitative estimate of drug-likeness (QED) is 0.646.